The van der Waals surface area contributed by atoms with Gasteiger partial charge in [-0.25, -0.2) is 9.97 Å². The quantitative estimate of drug-likeness (QED) is 0.774. The lowest BCUT2D eigenvalue weighted by molar-refractivity contribution is -0.147. The molecule has 0 N–H and O–H groups in total. The maximum atomic E-state index is 13.0. The largest absolute Gasteiger partial charge is 0.451 e. The molecule has 0 unspecified atom stereocenters. The van der Waals surface area contributed by atoms with E-state index in [9.17, 15) is 18.0 Å². The first kappa shape index (κ1) is 18.6. The Morgan fingerprint density at radius 3 is 2.50 bits per heavy atom. The number of hydrogen-bond acceptors (Lipinski definition) is 6. The summed E-state index contributed by atoms with van der Waals surface area (Å²) < 4.78 is 39.9. The summed E-state index contributed by atoms with van der Waals surface area (Å²) in [5.74, 6) is -0.719. The Morgan fingerprint density at radius 2 is 1.79 bits per heavy atom. The molecule has 0 spiro atoms. The first-order valence-corrected chi connectivity index (χ1v) is 9.22. The third-order valence-electron chi connectivity index (χ3n) is 4.99. The van der Waals surface area contributed by atoms with Crippen LogP contribution in [0.3, 0.4) is 0 Å². The van der Waals surface area contributed by atoms with E-state index in [0.29, 0.717) is 11.6 Å². The third kappa shape index (κ3) is 3.52. The number of aromatic nitrogens is 5. The molecule has 2 aromatic rings. The highest BCUT2D eigenvalue weighted by Crippen LogP contribution is 2.29. The number of aryl methyl sites for hydroxylation is 1. The van der Waals surface area contributed by atoms with Crippen molar-refractivity contribution in [2.24, 2.45) is 0 Å². The van der Waals surface area contributed by atoms with Crippen LogP contribution in [0.25, 0.3) is 0 Å². The van der Waals surface area contributed by atoms with Crippen molar-refractivity contribution in [1.29, 1.82) is 0 Å². The first-order chi connectivity index (χ1) is 13.3. The van der Waals surface area contributed by atoms with E-state index >= 15 is 0 Å². The van der Waals surface area contributed by atoms with Crippen molar-refractivity contribution in [3.05, 3.63) is 29.1 Å². The molecule has 0 bridgehead atoms. The standard InChI is InChI=1S/C17H20F3N7O/c1-11-9-12(22-16(21-11)25-5-3-2-4-6-25)14(28)26-7-8-27-13(10-26)23-24-15(27)17(18,19)20/h9H,2-8,10H2,1H3. The van der Waals surface area contributed by atoms with E-state index in [1.54, 1.807) is 13.0 Å². The Bertz CT molecular complexity index is 889. The van der Waals surface area contributed by atoms with Crippen molar-refractivity contribution < 1.29 is 18.0 Å². The Labute approximate surface area is 159 Å². The molecule has 4 heterocycles. The Hall–Kier alpha value is -2.72. The monoisotopic (exact) mass is 395 g/mol. The lowest BCUT2D eigenvalue weighted by Crippen LogP contribution is -2.40. The number of halogens is 3. The molecule has 0 aliphatic carbocycles. The number of carbonyl (C=O) groups is 1. The van der Waals surface area contributed by atoms with Crippen LogP contribution < -0.4 is 4.90 Å². The maximum Gasteiger partial charge on any atom is 0.451 e. The van der Waals surface area contributed by atoms with Crippen LogP contribution in [0.1, 0.15) is 47.1 Å². The minimum Gasteiger partial charge on any atom is -0.341 e. The van der Waals surface area contributed by atoms with Crippen LogP contribution in [-0.4, -0.2) is 55.2 Å². The van der Waals surface area contributed by atoms with Gasteiger partial charge < -0.3 is 14.4 Å². The van der Waals surface area contributed by atoms with Crippen molar-refractivity contribution in [2.75, 3.05) is 24.5 Å². The van der Waals surface area contributed by atoms with Gasteiger partial charge in [-0.15, -0.1) is 10.2 Å². The van der Waals surface area contributed by atoms with Gasteiger partial charge in [-0.2, -0.15) is 13.2 Å². The van der Waals surface area contributed by atoms with Gasteiger partial charge in [-0.3, -0.25) is 4.79 Å². The second kappa shape index (κ2) is 7.02. The number of amides is 1. The van der Waals surface area contributed by atoms with Crippen molar-refractivity contribution >= 4 is 11.9 Å². The summed E-state index contributed by atoms with van der Waals surface area (Å²) in [6.45, 7) is 3.59. The van der Waals surface area contributed by atoms with E-state index in [4.69, 9.17) is 0 Å². The van der Waals surface area contributed by atoms with Gasteiger partial charge in [0, 0.05) is 31.9 Å². The molecule has 11 heteroatoms. The van der Waals surface area contributed by atoms with Gasteiger partial charge in [-0.1, -0.05) is 0 Å². The smallest absolute Gasteiger partial charge is 0.341 e. The van der Waals surface area contributed by atoms with Gasteiger partial charge in [0.2, 0.25) is 11.8 Å². The molecular weight excluding hydrogens is 375 g/mol. The fourth-order valence-corrected chi connectivity index (χ4v) is 3.60. The van der Waals surface area contributed by atoms with Gasteiger partial charge in [0.15, 0.2) is 5.82 Å². The van der Waals surface area contributed by atoms with Crippen LogP contribution in [0, 0.1) is 6.92 Å². The number of carbonyl (C=O) groups excluding carboxylic acids is 1. The molecule has 2 aliphatic heterocycles. The number of piperidine rings is 1. The predicted molar refractivity (Wildman–Crippen MR) is 92.6 cm³/mol. The van der Waals surface area contributed by atoms with Gasteiger partial charge in [0.05, 0.1) is 6.54 Å². The summed E-state index contributed by atoms with van der Waals surface area (Å²) in [4.78, 5) is 25.3. The Balaban J connectivity index is 1.55. The summed E-state index contributed by atoms with van der Waals surface area (Å²) >= 11 is 0. The van der Waals surface area contributed by atoms with E-state index in [1.165, 1.54) is 11.3 Å². The summed E-state index contributed by atoms with van der Waals surface area (Å²) in [7, 11) is 0. The fraction of sp³-hybridized carbons (Fsp3) is 0.588. The predicted octanol–water partition coefficient (Wildman–Crippen LogP) is 2.04. The van der Waals surface area contributed by atoms with Crippen LogP contribution in [0.15, 0.2) is 6.07 Å². The SMILES string of the molecule is Cc1cc(C(=O)N2CCn3c(nnc3C(F)(F)F)C2)nc(N2CCCCC2)n1. The molecule has 0 radical (unpaired) electrons. The number of rotatable bonds is 2. The molecule has 1 fully saturated rings. The lowest BCUT2D eigenvalue weighted by atomic mass is 10.1. The molecular formula is C17H20F3N7O. The zero-order valence-electron chi connectivity index (χ0n) is 15.4. The molecule has 150 valence electrons. The zero-order valence-corrected chi connectivity index (χ0v) is 15.4. The highest BCUT2D eigenvalue weighted by atomic mass is 19.4. The normalized spacial score (nSPS) is 17.6. The topological polar surface area (TPSA) is 80.0 Å². The van der Waals surface area contributed by atoms with E-state index in [-0.39, 0.29) is 37.1 Å². The number of hydrogen-bond donors (Lipinski definition) is 0. The number of fused-ring (bicyclic) bond motifs is 1. The second-order valence-corrected chi connectivity index (χ2v) is 7.06. The third-order valence-corrected chi connectivity index (χ3v) is 4.99. The average molecular weight is 395 g/mol. The van der Waals surface area contributed by atoms with E-state index < -0.39 is 12.0 Å². The highest BCUT2D eigenvalue weighted by Gasteiger charge is 2.40. The second-order valence-electron chi connectivity index (χ2n) is 7.06. The van der Waals surface area contributed by atoms with E-state index in [2.05, 4.69) is 25.1 Å². The minimum atomic E-state index is -4.56. The molecule has 2 aromatic heterocycles. The fourth-order valence-electron chi connectivity index (χ4n) is 3.60. The van der Waals surface area contributed by atoms with Gasteiger partial charge >= 0.3 is 6.18 Å². The molecule has 8 nitrogen and oxygen atoms in total. The molecule has 28 heavy (non-hydrogen) atoms. The van der Waals surface area contributed by atoms with Gasteiger partial charge in [-0.05, 0) is 32.3 Å². The van der Waals surface area contributed by atoms with E-state index in [1.807, 2.05) is 0 Å². The Kier molecular flexibility index (Phi) is 4.68. The van der Waals surface area contributed by atoms with Crippen molar-refractivity contribution in [1.82, 2.24) is 29.6 Å². The molecule has 0 aromatic carbocycles. The number of alkyl halides is 3. The number of anilines is 1. The summed E-state index contributed by atoms with van der Waals surface area (Å²) in [6.07, 6.45) is -1.28. The van der Waals surface area contributed by atoms with Crippen LogP contribution in [-0.2, 0) is 19.3 Å². The summed E-state index contributed by atoms with van der Waals surface area (Å²) in [5, 5.41) is 6.86. The molecule has 0 atom stereocenters. The number of nitrogens with zero attached hydrogens (tertiary/aromatic N) is 7. The van der Waals surface area contributed by atoms with E-state index in [0.717, 1.165) is 30.5 Å². The van der Waals surface area contributed by atoms with Crippen LogP contribution in [0.5, 0.6) is 0 Å². The summed E-state index contributed by atoms with van der Waals surface area (Å²) in [6, 6.07) is 1.61. The van der Waals surface area contributed by atoms with Gasteiger partial charge in [0.1, 0.15) is 5.69 Å². The van der Waals surface area contributed by atoms with Crippen LogP contribution >= 0.6 is 0 Å². The lowest BCUT2D eigenvalue weighted by Gasteiger charge is -2.29. The highest BCUT2D eigenvalue weighted by molar-refractivity contribution is 5.92. The molecule has 4 rings (SSSR count). The molecule has 1 saturated heterocycles. The molecule has 2 aliphatic rings. The van der Waals surface area contributed by atoms with Crippen molar-refractivity contribution in [3.63, 3.8) is 0 Å². The van der Waals surface area contributed by atoms with Crippen molar-refractivity contribution in [3.8, 4) is 0 Å². The first-order valence-electron chi connectivity index (χ1n) is 9.22. The van der Waals surface area contributed by atoms with Crippen LogP contribution in [0.4, 0.5) is 19.1 Å². The Morgan fingerprint density at radius 1 is 1.04 bits per heavy atom. The maximum absolute atomic E-state index is 13.0. The minimum absolute atomic E-state index is 0.00797. The summed E-state index contributed by atoms with van der Waals surface area (Å²) in [5.41, 5.74) is 0.926. The van der Waals surface area contributed by atoms with Crippen LogP contribution in [0.2, 0.25) is 0 Å². The zero-order chi connectivity index (χ0) is 19.9. The van der Waals surface area contributed by atoms with Gasteiger partial charge in [0.25, 0.3) is 5.91 Å². The molecule has 1 amide bonds. The molecule has 0 saturated carbocycles. The van der Waals surface area contributed by atoms with Crippen molar-refractivity contribution in [2.45, 2.75) is 45.5 Å². The average Bonchev–Trinajstić information content (AvgIpc) is 3.11.